The Morgan fingerprint density at radius 1 is 1.11 bits per heavy atom. The zero-order chi connectivity index (χ0) is 13.0. The van der Waals surface area contributed by atoms with Gasteiger partial charge < -0.3 is 9.84 Å². The first-order chi connectivity index (χ1) is 8.66. The predicted octanol–water partition coefficient (Wildman–Crippen LogP) is 3.76. The largest absolute Gasteiger partial charge is 0.481 e. The topological polar surface area (TPSA) is 46.5 Å². The molecule has 2 aromatic rings. The van der Waals surface area contributed by atoms with Gasteiger partial charge in [-0.15, -0.1) is 0 Å². The number of carbonyl (C=O) groups is 1. The maximum absolute atomic E-state index is 10.8. The molecular formula is C14H11ClO3. The fraction of sp³-hybridized carbons (Fsp3) is 0.0714. The Labute approximate surface area is 110 Å². The third-order valence-electron chi connectivity index (χ3n) is 2.35. The summed E-state index contributed by atoms with van der Waals surface area (Å²) >= 11 is 6.04. The summed E-state index contributed by atoms with van der Waals surface area (Å²) in [6, 6.07) is 14.2. The van der Waals surface area contributed by atoms with Crippen molar-refractivity contribution in [3.63, 3.8) is 0 Å². The van der Waals surface area contributed by atoms with Crippen LogP contribution in [0.3, 0.4) is 0 Å². The molecule has 0 radical (unpaired) electrons. The molecule has 0 aromatic heterocycles. The van der Waals surface area contributed by atoms with Gasteiger partial charge in [-0.05, 0) is 18.2 Å². The van der Waals surface area contributed by atoms with Crippen LogP contribution in [0.2, 0.25) is 5.02 Å². The van der Waals surface area contributed by atoms with Gasteiger partial charge in [0.15, 0.2) is 0 Å². The van der Waals surface area contributed by atoms with Crippen LogP contribution in [0.4, 0.5) is 0 Å². The number of halogens is 1. The van der Waals surface area contributed by atoms with E-state index in [0.717, 1.165) is 0 Å². The number of rotatable bonds is 4. The monoisotopic (exact) mass is 262 g/mol. The molecule has 0 aliphatic heterocycles. The molecule has 0 spiro atoms. The molecule has 0 atom stereocenters. The molecule has 0 amide bonds. The van der Waals surface area contributed by atoms with Crippen LogP contribution in [0.1, 0.15) is 5.56 Å². The SMILES string of the molecule is O=C(O)Cc1cccc(Cl)c1Oc1ccccc1. The van der Waals surface area contributed by atoms with Crippen LogP contribution in [0, 0.1) is 0 Å². The second-order valence-electron chi connectivity index (χ2n) is 3.71. The van der Waals surface area contributed by atoms with Crippen LogP contribution in [-0.4, -0.2) is 11.1 Å². The minimum absolute atomic E-state index is 0.122. The Hall–Kier alpha value is -2.00. The fourth-order valence-electron chi connectivity index (χ4n) is 1.58. The lowest BCUT2D eigenvalue weighted by Gasteiger charge is -2.11. The summed E-state index contributed by atoms with van der Waals surface area (Å²) in [6.07, 6.45) is -0.122. The smallest absolute Gasteiger partial charge is 0.307 e. The molecular weight excluding hydrogens is 252 g/mol. The van der Waals surface area contributed by atoms with Crippen molar-refractivity contribution in [2.45, 2.75) is 6.42 Å². The summed E-state index contributed by atoms with van der Waals surface area (Å²) in [5.41, 5.74) is 0.554. The summed E-state index contributed by atoms with van der Waals surface area (Å²) in [4.78, 5) is 10.8. The second-order valence-corrected chi connectivity index (χ2v) is 4.12. The minimum Gasteiger partial charge on any atom is -0.481 e. The molecule has 4 heteroatoms. The van der Waals surface area contributed by atoms with E-state index in [-0.39, 0.29) is 6.42 Å². The van der Waals surface area contributed by atoms with Crippen molar-refractivity contribution in [1.82, 2.24) is 0 Å². The lowest BCUT2D eigenvalue weighted by atomic mass is 10.1. The molecule has 0 heterocycles. The van der Waals surface area contributed by atoms with Crippen molar-refractivity contribution in [1.29, 1.82) is 0 Å². The van der Waals surface area contributed by atoms with Crippen molar-refractivity contribution in [2.24, 2.45) is 0 Å². The van der Waals surface area contributed by atoms with E-state index in [2.05, 4.69) is 0 Å². The van der Waals surface area contributed by atoms with Crippen molar-refractivity contribution < 1.29 is 14.6 Å². The van der Waals surface area contributed by atoms with Gasteiger partial charge in [0.05, 0.1) is 11.4 Å². The highest BCUT2D eigenvalue weighted by atomic mass is 35.5. The third-order valence-corrected chi connectivity index (χ3v) is 2.65. The summed E-state index contributed by atoms with van der Waals surface area (Å²) in [5.74, 6) is 0.0974. The van der Waals surface area contributed by atoms with E-state index >= 15 is 0 Å². The molecule has 92 valence electrons. The Morgan fingerprint density at radius 3 is 2.50 bits per heavy atom. The lowest BCUT2D eigenvalue weighted by Crippen LogP contribution is -2.02. The average Bonchev–Trinajstić information content (AvgIpc) is 2.34. The zero-order valence-electron chi connectivity index (χ0n) is 9.47. The van der Waals surface area contributed by atoms with E-state index in [1.54, 1.807) is 30.3 Å². The standard InChI is InChI=1S/C14H11ClO3/c15-12-8-4-5-10(9-13(16)17)14(12)18-11-6-2-1-3-7-11/h1-8H,9H2,(H,16,17). The Morgan fingerprint density at radius 2 is 1.83 bits per heavy atom. The van der Waals surface area contributed by atoms with E-state index in [0.29, 0.717) is 22.1 Å². The first-order valence-electron chi connectivity index (χ1n) is 5.39. The van der Waals surface area contributed by atoms with Gasteiger partial charge in [-0.3, -0.25) is 4.79 Å². The maximum atomic E-state index is 10.8. The summed E-state index contributed by atoms with van der Waals surface area (Å²) < 4.78 is 5.65. The van der Waals surface area contributed by atoms with Crippen molar-refractivity contribution in [3.8, 4) is 11.5 Å². The quantitative estimate of drug-likeness (QED) is 0.913. The van der Waals surface area contributed by atoms with Crippen LogP contribution in [-0.2, 0) is 11.2 Å². The highest BCUT2D eigenvalue weighted by Crippen LogP contribution is 2.33. The van der Waals surface area contributed by atoms with Crippen molar-refractivity contribution >= 4 is 17.6 Å². The first-order valence-corrected chi connectivity index (χ1v) is 5.76. The molecule has 2 rings (SSSR count). The highest BCUT2D eigenvalue weighted by molar-refractivity contribution is 6.32. The number of hydrogen-bond donors (Lipinski definition) is 1. The van der Waals surface area contributed by atoms with Gasteiger partial charge in [0.25, 0.3) is 0 Å². The van der Waals surface area contributed by atoms with Crippen LogP contribution in [0.25, 0.3) is 0 Å². The van der Waals surface area contributed by atoms with E-state index in [9.17, 15) is 4.79 Å². The van der Waals surface area contributed by atoms with Crippen LogP contribution >= 0.6 is 11.6 Å². The number of aliphatic carboxylic acids is 1. The molecule has 1 N–H and O–H groups in total. The fourth-order valence-corrected chi connectivity index (χ4v) is 1.81. The zero-order valence-corrected chi connectivity index (χ0v) is 10.2. The minimum atomic E-state index is -0.921. The summed E-state index contributed by atoms with van der Waals surface area (Å²) in [7, 11) is 0. The predicted molar refractivity (Wildman–Crippen MR) is 69.3 cm³/mol. The van der Waals surface area contributed by atoms with Crippen molar-refractivity contribution in [3.05, 3.63) is 59.1 Å². The molecule has 0 unspecified atom stereocenters. The van der Waals surface area contributed by atoms with E-state index in [4.69, 9.17) is 21.4 Å². The number of carboxylic acids is 1. The summed E-state index contributed by atoms with van der Waals surface area (Å²) in [6.45, 7) is 0. The Kier molecular flexibility index (Phi) is 3.85. The van der Waals surface area contributed by atoms with Gasteiger partial charge in [0, 0.05) is 5.56 Å². The van der Waals surface area contributed by atoms with Crippen LogP contribution in [0.15, 0.2) is 48.5 Å². The third kappa shape index (κ3) is 3.02. The van der Waals surface area contributed by atoms with Gasteiger partial charge in [-0.1, -0.05) is 41.9 Å². The first kappa shape index (κ1) is 12.5. The molecule has 18 heavy (non-hydrogen) atoms. The molecule has 0 bridgehead atoms. The Bertz CT molecular complexity index is 552. The van der Waals surface area contributed by atoms with Crippen molar-refractivity contribution in [2.75, 3.05) is 0 Å². The number of carboxylic acid groups (broad SMARTS) is 1. The molecule has 0 saturated carbocycles. The molecule has 2 aromatic carbocycles. The van der Waals surface area contributed by atoms with Gasteiger partial charge in [-0.25, -0.2) is 0 Å². The molecule has 0 aliphatic carbocycles. The van der Waals surface area contributed by atoms with Gasteiger partial charge in [-0.2, -0.15) is 0 Å². The van der Waals surface area contributed by atoms with E-state index in [1.165, 1.54) is 0 Å². The number of para-hydroxylation sites is 2. The second kappa shape index (κ2) is 5.56. The normalized spacial score (nSPS) is 10.1. The number of benzene rings is 2. The average molecular weight is 263 g/mol. The van der Waals surface area contributed by atoms with Crippen LogP contribution in [0.5, 0.6) is 11.5 Å². The molecule has 3 nitrogen and oxygen atoms in total. The van der Waals surface area contributed by atoms with Gasteiger partial charge in [0.1, 0.15) is 11.5 Å². The maximum Gasteiger partial charge on any atom is 0.307 e. The molecule has 0 fully saturated rings. The molecule has 0 saturated heterocycles. The Balaban J connectivity index is 2.34. The number of ether oxygens (including phenoxy) is 1. The molecule has 0 aliphatic rings. The number of hydrogen-bond acceptors (Lipinski definition) is 2. The van der Waals surface area contributed by atoms with Gasteiger partial charge in [0.2, 0.25) is 0 Å². The van der Waals surface area contributed by atoms with Gasteiger partial charge >= 0.3 is 5.97 Å². The van der Waals surface area contributed by atoms with E-state index in [1.807, 2.05) is 18.2 Å². The van der Waals surface area contributed by atoms with E-state index < -0.39 is 5.97 Å². The highest BCUT2D eigenvalue weighted by Gasteiger charge is 2.12. The van der Waals surface area contributed by atoms with Crippen LogP contribution < -0.4 is 4.74 Å². The summed E-state index contributed by atoms with van der Waals surface area (Å²) in [5, 5.41) is 9.25. The lowest BCUT2D eigenvalue weighted by molar-refractivity contribution is -0.136.